The molecule has 0 amide bonds. The van der Waals surface area contributed by atoms with E-state index in [1.54, 1.807) is 0 Å². The lowest BCUT2D eigenvalue weighted by atomic mass is 10.2. The van der Waals surface area contributed by atoms with Crippen LogP contribution >= 0.6 is 0 Å². The van der Waals surface area contributed by atoms with E-state index >= 15 is 0 Å². The summed E-state index contributed by atoms with van der Waals surface area (Å²) in [5.74, 6) is 0. The lowest BCUT2D eigenvalue weighted by Gasteiger charge is -2.25. The van der Waals surface area contributed by atoms with E-state index < -0.39 is 0 Å². The van der Waals surface area contributed by atoms with Gasteiger partial charge >= 0.3 is 0 Å². The zero-order chi connectivity index (χ0) is 12.5. The molecule has 0 spiro atoms. The highest BCUT2D eigenvalue weighted by Crippen LogP contribution is 1.99. The van der Waals surface area contributed by atoms with Crippen LogP contribution in [0.5, 0.6) is 0 Å². The van der Waals surface area contributed by atoms with Gasteiger partial charge in [-0.1, -0.05) is 36.4 Å². The Bertz CT molecular complexity index is 381. The largest absolute Gasteiger partial charge is 0.379 e. The minimum absolute atomic E-state index is 0.859. The molecule has 1 aromatic rings. The summed E-state index contributed by atoms with van der Waals surface area (Å²) in [6.45, 7) is 5.68. The molecule has 0 atom stereocenters. The van der Waals surface area contributed by atoms with Gasteiger partial charge in [0.2, 0.25) is 0 Å². The number of rotatable bonds is 5. The molecule has 0 aromatic heterocycles. The zero-order valence-corrected chi connectivity index (χ0v) is 10.7. The summed E-state index contributed by atoms with van der Waals surface area (Å²) in [6.07, 6.45) is 5.94. The molecule has 3 heteroatoms. The van der Waals surface area contributed by atoms with E-state index in [0.717, 1.165) is 39.4 Å². The minimum atomic E-state index is 0.859. The molecule has 96 valence electrons. The zero-order valence-electron chi connectivity index (χ0n) is 10.7. The molecular formula is C15H20N2O. The number of nitrogens with zero attached hydrogens (tertiary/aromatic N) is 2. The van der Waals surface area contributed by atoms with E-state index in [1.807, 2.05) is 30.5 Å². The van der Waals surface area contributed by atoms with Crippen molar-refractivity contribution in [3.63, 3.8) is 0 Å². The maximum atomic E-state index is 5.30. The molecule has 1 aromatic carbocycles. The van der Waals surface area contributed by atoms with Gasteiger partial charge in [0.15, 0.2) is 0 Å². The Labute approximate surface area is 109 Å². The van der Waals surface area contributed by atoms with Crippen LogP contribution in [0.25, 0.3) is 6.08 Å². The Morgan fingerprint density at radius 2 is 1.94 bits per heavy atom. The predicted octanol–water partition coefficient (Wildman–Crippen LogP) is 2.10. The maximum Gasteiger partial charge on any atom is 0.0594 e. The van der Waals surface area contributed by atoms with Crippen molar-refractivity contribution in [1.82, 2.24) is 4.90 Å². The first kappa shape index (κ1) is 13.0. The van der Waals surface area contributed by atoms with Crippen molar-refractivity contribution in [2.75, 3.05) is 39.4 Å². The topological polar surface area (TPSA) is 24.8 Å². The highest BCUT2D eigenvalue weighted by atomic mass is 16.5. The second kappa shape index (κ2) is 7.80. The van der Waals surface area contributed by atoms with Gasteiger partial charge in [-0.3, -0.25) is 9.89 Å². The third-order valence-electron chi connectivity index (χ3n) is 2.93. The van der Waals surface area contributed by atoms with Crippen molar-refractivity contribution in [2.24, 2.45) is 4.99 Å². The Balaban J connectivity index is 1.64. The fourth-order valence-electron chi connectivity index (χ4n) is 1.88. The van der Waals surface area contributed by atoms with Crippen molar-refractivity contribution in [1.29, 1.82) is 0 Å². The van der Waals surface area contributed by atoms with Gasteiger partial charge in [-0.15, -0.1) is 0 Å². The molecule has 1 aliphatic heterocycles. The minimum Gasteiger partial charge on any atom is -0.379 e. The Hall–Kier alpha value is -1.45. The van der Waals surface area contributed by atoms with E-state index in [4.69, 9.17) is 4.74 Å². The average Bonchev–Trinajstić information content (AvgIpc) is 2.45. The molecule has 1 heterocycles. The highest BCUT2D eigenvalue weighted by Gasteiger charge is 2.08. The van der Waals surface area contributed by atoms with Crippen molar-refractivity contribution < 1.29 is 4.74 Å². The first-order valence-electron chi connectivity index (χ1n) is 6.47. The highest BCUT2D eigenvalue weighted by molar-refractivity contribution is 5.78. The SMILES string of the molecule is C(/C=C\c1ccccc1)=NCCN1CCOCC1. The summed E-state index contributed by atoms with van der Waals surface area (Å²) in [5, 5.41) is 0. The van der Waals surface area contributed by atoms with Gasteiger partial charge < -0.3 is 4.74 Å². The molecule has 0 saturated carbocycles. The first-order valence-corrected chi connectivity index (χ1v) is 6.47. The van der Waals surface area contributed by atoms with Gasteiger partial charge in [0.1, 0.15) is 0 Å². The second-order valence-corrected chi connectivity index (χ2v) is 4.28. The molecule has 0 N–H and O–H groups in total. The molecule has 0 unspecified atom stereocenters. The van der Waals surface area contributed by atoms with Crippen LogP contribution in [0.2, 0.25) is 0 Å². The third kappa shape index (κ3) is 4.82. The summed E-state index contributed by atoms with van der Waals surface area (Å²) in [6, 6.07) is 10.3. The predicted molar refractivity (Wildman–Crippen MR) is 76.1 cm³/mol. The standard InChI is InChI=1S/C15H20N2O/c1-2-5-15(6-3-1)7-4-8-16-9-10-17-11-13-18-14-12-17/h1-8H,9-14H2/b7-4-,16-8?. The van der Waals surface area contributed by atoms with E-state index in [2.05, 4.69) is 28.1 Å². The maximum absolute atomic E-state index is 5.30. The van der Waals surface area contributed by atoms with E-state index in [1.165, 1.54) is 5.56 Å². The van der Waals surface area contributed by atoms with Crippen LogP contribution in [-0.2, 0) is 4.74 Å². The van der Waals surface area contributed by atoms with Crippen molar-refractivity contribution in [3.8, 4) is 0 Å². The normalized spacial score (nSPS) is 17.8. The van der Waals surface area contributed by atoms with Gasteiger partial charge in [-0.05, 0) is 11.6 Å². The second-order valence-electron chi connectivity index (χ2n) is 4.28. The molecule has 2 rings (SSSR count). The van der Waals surface area contributed by atoms with E-state index in [-0.39, 0.29) is 0 Å². The fraction of sp³-hybridized carbons (Fsp3) is 0.400. The molecule has 0 bridgehead atoms. The average molecular weight is 244 g/mol. The van der Waals surface area contributed by atoms with Crippen LogP contribution in [0.1, 0.15) is 5.56 Å². The summed E-state index contributed by atoms with van der Waals surface area (Å²) in [5.41, 5.74) is 1.21. The van der Waals surface area contributed by atoms with Gasteiger partial charge in [0, 0.05) is 25.8 Å². The van der Waals surface area contributed by atoms with Crippen LogP contribution in [0, 0.1) is 0 Å². The quantitative estimate of drug-likeness (QED) is 0.741. The van der Waals surface area contributed by atoms with E-state index in [0.29, 0.717) is 0 Å². The number of ether oxygens (including phenoxy) is 1. The van der Waals surface area contributed by atoms with Crippen molar-refractivity contribution >= 4 is 12.3 Å². The molecule has 3 nitrogen and oxygen atoms in total. The van der Waals surface area contributed by atoms with Crippen LogP contribution in [0.3, 0.4) is 0 Å². The Kier molecular flexibility index (Phi) is 5.63. The van der Waals surface area contributed by atoms with Crippen molar-refractivity contribution in [3.05, 3.63) is 42.0 Å². The smallest absolute Gasteiger partial charge is 0.0594 e. The third-order valence-corrected chi connectivity index (χ3v) is 2.93. The Morgan fingerprint density at radius 3 is 2.72 bits per heavy atom. The van der Waals surface area contributed by atoms with E-state index in [9.17, 15) is 0 Å². The van der Waals surface area contributed by atoms with Gasteiger partial charge in [0.05, 0.1) is 19.8 Å². The summed E-state index contributed by atoms with van der Waals surface area (Å²) >= 11 is 0. The summed E-state index contributed by atoms with van der Waals surface area (Å²) in [4.78, 5) is 6.78. The molecular weight excluding hydrogens is 224 g/mol. The molecule has 0 radical (unpaired) electrons. The number of morpholine rings is 1. The molecule has 0 aliphatic carbocycles. The van der Waals surface area contributed by atoms with Gasteiger partial charge in [0.25, 0.3) is 0 Å². The van der Waals surface area contributed by atoms with Gasteiger partial charge in [-0.2, -0.15) is 0 Å². The monoisotopic (exact) mass is 244 g/mol. The molecule has 1 saturated heterocycles. The van der Waals surface area contributed by atoms with Crippen LogP contribution < -0.4 is 0 Å². The Morgan fingerprint density at radius 1 is 1.17 bits per heavy atom. The number of hydrogen-bond donors (Lipinski definition) is 0. The summed E-state index contributed by atoms with van der Waals surface area (Å²) < 4.78 is 5.30. The van der Waals surface area contributed by atoms with Crippen LogP contribution in [0.15, 0.2) is 41.4 Å². The van der Waals surface area contributed by atoms with Crippen LogP contribution in [0.4, 0.5) is 0 Å². The molecule has 1 fully saturated rings. The van der Waals surface area contributed by atoms with Gasteiger partial charge in [-0.25, -0.2) is 0 Å². The number of aliphatic imine (C=N–C) groups is 1. The molecule has 1 aliphatic rings. The fourth-order valence-corrected chi connectivity index (χ4v) is 1.88. The number of allylic oxidation sites excluding steroid dienone is 1. The first-order chi connectivity index (χ1) is 8.95. The summed E-state index contributed by atoms with van der Waals surface area (Å²) in [7, 11) is 0. The lowest BCUT2D eigenvalue weighted by Crippen LogP contribution is -2.37. The number of benzene rings is 1. The number of hydrogen-bond acceptors (Lipinski definition) is 3. The molecule has 18 heavy (non-hydrogen) atoms. The lowest BCUT2D eigenvalue weighted by molar-refractivity contribution is 0.0395. The van der Waals surface area contributed by atoms with Crippen molar-refractivity contribution in [2.45, 2.75) is 0 Å². The van der Waals surface area contributed by atoms with Crippen LogP contribution in [-0.4, -0.2) is 50.5 Å².